The third-order valence-corrected chi connectivity index (χ3v) is 3.12. The molecular weight excluding hydrogens is 240 g/mol. The first-order valence-electron chi connectivity index (χ1n) is 6.37. The molecule has 0 fully saturated rings. The monoisotopic (exact) mass is 260 g/mol. The summed E-state index contributed by atoms with van der Waals surface area (Å²) in [6, 6.07) is 3.84. The molecule has 2 aromatic rings. The highest BCUT2D eigenvalue weighted by molar-refractivity contribution is 5.48. The van der Waals surface area contributed by atoms with E-state index >= 15 is 0 Å². The van der Waals surface area contributed by atoms with Crippen molar-refractivity contribution in [3.8, 4) is 11.5 Å². The van der Waals surface area contributed by atoms with Crippen LogP contribution in [0.3, 0.4) is 0 Å². The quantitative estimate of drug-likeness (QED) is 0.916. The Morgan fingerprint density at radius 2 is 2.11 bits per heavy atom. The standard InChI is InChI=1S/C14H20N4O/c1-9-5-6-16-10(7-9)13-17-12(19-18-13)8-11(15)14(2,3)4/h5-7,11H,8,15H2,1-4H3. The minimum Gasteiger partial charge on any atom is -0.339 e. The Morgan fingerprint density at radius 1 is 1.37 bits per heavy atom. The van der Waals surface area contributed by atoms with Crippen molar-refractivity contribution in [1.29, 1.82) is 0 Å². The Morgan fingerprint density at radius 3 is 2.74 bits per heavy atom. The molecule has 0 saturated heterocycles. The molecule has 19 heavy (non-hydrogen) atoms. The molecule has 5 nitrogen and oxygen atoms in total. The van der Waals surface area contributed by atoms with Crippen molar-refractivity contribution in [2.75, 3.05) is 0 Å². The van der Waals surface area contributed by atoms with Gasteiger partial charge in [-0.1, -0.05) is 25.9 Å². The largest absolute Gasteiger partial charge is 0.339 e. The second kappa shape index (κ2) is 5.09. The number of rotatable bonds is 3. The maximum Gasteiger partial charge on any atom is 0.228 e. The van der Waals surface area contributed by atoms with E-state index < -0.39 is 0 Å². The second-order valence-corrected chi connectivity index (χ2v) is 5.91. The van der Waals surface area contributed by atoms with Crippen molar-refractivity contribution in [2.24, 2.45) is 11.1 Å². The molecule has 0 saturated carbocycles. The number of aryl methyl sites for hydroxylation is 1. The van der Waals surface area contributed by atoms with Gasteiger partial charge in [-0.3, -0.25) is 4.98 Å². The third-order valence-electron chi connectivity index (χ3n) is 3.12. The van der Waals surface area contributed by atoms with Crippen molar-refractivity contribution in [1.82, 2.24) is 15.1 Å². The molecule has 0 aliphatic carbocycles. The van der Waals surface area contributed by atoms with Crippen LogP contribution >= 0.6 is 0 Å². The lowest BCUT2D eigenvalue weighted by Gasteiger charge is -2.25. The molecule has 2 N–H and O–H groups in total. The zero-order valence-electron chi connectivity index (χ0n) is 11.8. The predicted molar refractivity (Wildman–Crippen MR) is 73.4 cm³/mol. The molecule has 0 amide bonds. The van der Waals surface area contributed by atoms with Gasteiger partial charge in [0.15, 0.2) is 0 Å². The fraction of sp³-hybridized carbons (Fsp3) is 0.500. The third kappa shape index (κ3) is 3.38. The van der Waals surface area contributed by atoms with E-state index in [9.17, 15) is 0 Å². The van der Waals surface area contributed by atoms with Crippen LogP contribution in [0, 0.1) is 12.3 Å². The van der Waals surface area contributed by atoms with E-state index in [1.54, 1.807) is 6.20 Å². The van der Waals surface area contributed by atoms with Gasteiger partial charge in [0.25, 0.3) is 0 Å². The fourth-order valence-corrected chi connectivity index (χ4v) is 1.59. The summed E-state index contributed by atoms with van der Waals surface area (Å²) in [5.41, 5.74) is 7.96. The van der Waals surface area contributed by atoms with Crippen LogP contribution in [0.4, 0.5) is 0 Å². The number of pyridine rings is 1. The van der Waals surface area contributed by atoms with Crippen LogP contribution in [0.25, 0.3) is 11.5 Å². The van der Waals surface area contributed by atoms with Crippen LogP contribution in [0.15, 0.2) is 22.9 Å². The highest BCUT2D eigenvalue weighted by Crippen LogP contribution is 2.21. The Labute approximate surface area is 113 Å². The lowest BCUT2D eigenvalue weighted by Crippen LogP contribution is -2.36. The van der Waals surface area contributed by atoms with Gasteiger partial charge < -0.3 is 10.3 Å². The molecule has 0 radical (unpaired) electrons. The molecular formula is C14H20N4O. The summed E-state index contributed by atoms with van der Waals surface area (Å²) in [7, 11) is 0. The van der Waals surface area contributed by atoms with Gasteiger partial charge in [-0.25, -0.2) is 0 Å². The first kappa shape index (κ1) is 13.7. The van der Waals surface area contributed by atoms with Gasteiger partial charge in [0.05, 0.1) is 0 Å². The maximum atomic E-state index is 6.11. The Bertz CT molecular complexity index is 557. The highest BCUT2D eigenvalue weighted by Gasteiger charge is 2.23. The van der Waals surface area contributed by atoms with Crippen molar-refractivity contribution in [2.45, 2.75) is 40.2 Å². The molecule has 2 aromatic heterocycles. The Balaban J connectivity index is 2.16. The molecule has 0 spiro atoms. The van der Waals surface area contributed by atoms with E-state index in [0.29, 0.717) is 18.1 Å². The fourth-order valence-electron chi connectivity index (χ4n) is 1.59. The van der Waals surface area contributed by atoms with Gasteiger partial charge in [-0.15, -0.1) is 0 Å². The minimum atomic E-state index is -0.0220. The summed E-state index contributed by atoms with van der Waals surface area (Å²) in [5.74, 6) is 1.07. The predicted octanol–water partition coefficient (Wildman–Crippen LogP) is 2.36. The van der Waals surface area contributed by atoms with Gasteiger partial charge in [0, 0.05) is 18.7 Å². The zero-order valence-corrected chi connectivity index (χ0v) is 11.8. The van der Waals surface area contributed by atoms with E-state index in [1.807, 2.05) is 19.1 Å². The van der Waals surface area contributed by atoms with E-state index in [2.05, 4.69) is 35.9 Å². The average molecular weight is 260 g/mol. The SMILES string of the molecule is Cc1ccnc(-c2noc(CC(N)C(C)(C)C)n2)c1. The van der Waals surface area contributed by atoms with Crippen LogP contribution in [0.1, 0.15) is 32.2 Å². The summed E-state index contributed by atoms with van der Waals surface area (Å²) >= 11 is 0. The minimum absolute atomic E-state index is 0.0101. The first-order chi connectivity index (χ1) is 8.86. The molecule has 2 rings (SSSR count). The second-order valence-electron chi connectivity index (χ2n) is 5.91. The number of nitrogens with two attached hydrogens (primary N) is 1. The molecule has 2 heterocycles. The summed E-state index contributed by atoms with van der Waals surface area (Å²) in [6.07, 6.45) is 2.31. The number of hydrogen-bond acceptors (Lipinski definition) is 5. The topological polar surface area (TPSA) is 77.8 Å². The van der Waals surface area contributed by atoms with Gasteiger partial charge in [0.1, 0.15) is 5.69 Å². The van der Waals surface area contributed by atoms with E-state index in [0.717, 1.165) is 11.3 Å². The average Bonchev–Trinajstić information content (AvgIpc) is 2.76. The van der Waals surface area contributed by atoms with Crippen LogP contribution in [0.2, 0.25) is 0 Å². The molecule has 1 atom stereocenters. The summed E-state index contributed by atoms with van der Waals surface area (Å²) < 4.78 is 5.24. The Hall–Kier alpha value is -1.75. The lowest BCUT2D eigenvalue weighted by atomic mass is 9.85. The van der Waals surface area contributed by atoms with Crippen molar-refractivity contribution < 1.29 is 4.52 Å². The number of aromatic nitrogens is 3. The van der Waals surface area contributed by atoms with Crippen molar-refractivity contribution in [3.63, 3.8) is 0 Å². The molecule has 0 aliphatic heterocycles. The smallest absolute Gasteiger partial charge is 0.228 e. The van der Waals surface area contributed by atoms with Crippen LogP contribution in [-0.4, -0.2) is 21.2 Å². The van der Waals surface area contributed by atoms with Gasteiger partial charge in [-0.2, -0.15) is 4.98 Å². The van der Waals surface area contributed by atoms with Crippen LogP contribution < -0.4 is 5.73 Å². The van der Waals surface area contributed by atoms with Gasteiger partial charge in [-0.05, 0) is 30.0 Å². The molecule has 0 bridgehead atoms. The first-order valence-corrected chi connectivity index (χ1v) is 6.37. The highest BCUT2D eigenvalue weighted by atomic mass is 16.5. The molecule has 1 unspecified atom stereocenters. The van der Waals surface area contributed by atoms with Crippen molar-refractivity contribution >= 4 is 0 Å². The van der Waals surface area contributed by atoms with Crippen LogP contribution in [0.5, 0.6) is 0 Å². The van der Waals surface area contributed by atoms with E-state index in [4.69, 9.17) is 10.3 Å². The Kier molecular flexibility index (Phi) is 3.66. The summed E-state index contributed by atoms with van der Waals surface area (Å²) in [4.78, 5) is 8.59. The van der Waals surface area contributed by atoms with E-state index in [1.165, 1.54) is 0 Å². The van der Waals surface area contributed by atoms with Gasteiger partial charge >= 0.3 is 0 Å². The van der Waals surface area contributed by atoms with E-state index in [-0.39, 0.29) is 11.5 Å². The lowest BCUT2D eigenvalue weighted by molar-refractivity contribution is 0.286. The van der Waals surface area contributed by atoms with Crippen LogP contribution in [-0.2, 0) is 6.42 Å². The normalized spacial score (nSPS) is 13.5. The maximum absolute atomic E-state index is 6.11. The summed E-state index contributed by atoms with van der Waals surface area (Å²) in [5, 5.41) is 3.96. The molecule has 0 aliphatic rings. The summed E-state index contributed by atoms with van der Waals surface area (Å²) in [6.45, 7) is 8.28. The number of nitrogens with zero attached hydrogens (tertiary/aromatic N) is 3. The van der Waals surface area contributed by atoms with Crippen molar-refractivity contribution in [3.05, 3.63) is 29.8 Å². The molecule has 5 heteroatoms. The zero-order chi connectivity index (χ0) is 14.0. The molecule has 0 aromatic carbocycles. The molecule has 102 valence electrons. The number of hydrogen-bond donors (Lipinski definition) is 1. The van der Waals surface area contributed by atoms with Gasteiger partial charge in [0.2, 0.25) is 11.7 Å².